The topological polar surface area (TPSA) is 43.1 Å². The molecular formula is C18H8BrCl2NO2S. The predicted octanol–water partition coefficient (Wildman–Crippen LogP) is 6.65. The third-order valence-electron chi connectivity index (χ3n) is 3.63. The molecule has 0 bridgehead atoms. The summed E-state index contributed by atoms with van der Waals surface area (Å²) in [5.74, 6) is 0. The fourth-order valence-corrected chi connectivity index (χ4v) is 4.10. The van der Waals surface area contributed by atoms with Crippen LogP contribution >= 0.6 is 50.5 Å². The molecule has 2 heterocycles. The molecule has 7 heteroatoms. The molecule has 2 aromatic heterocycles. The maximum absolute atomic E-state index is 12.4. The average Bonchev–Trinajstić information content (AvgIpc) is 3.05. The lowest BCUT2D eigenvalue weighted by Crippen LogP contribution is -2.02. The molecule has 0 aliphatic carbocycles. The first kappa shape index (κ1) is 16.8. The number of hydrogen-bond acceptors (Lipinski definition) is 4. The van der Waals surface area contributed by atoms with E-state index in [-0.39, 0.29) is 0 Å². The van der Waals surface area contributed by atoms with Crippen molar-refractivity contribution in [2.24, 2.45) is 0 Å². The second kappa shape index (κ2) is 6.57. The third-order valence-corrected chi connectivity index (χ3v) is 5.53. The van der Waals surface area contributed by atoms with E-state index in [0.717, 1.165) is 15.7 Å². The van der Waals surface area contributed by atoms with Gasteiger partial charge < -0.3 is 4.42 Å². The van der Waals surface area contributed by atoms with E-state index >= 15 is 0 Å². The van der Waals surface area contributed by atoms with Gasteiger partial charge in [0.25, 0.3) is 0 Å². The molecule has 25 heavy (non-hydrogen) atoms. The first-order valence-electron chi connectivity index (χ1n) is 7.16. The second-order valence-corrected chi connectivity index (χ2v) is 7.92. The molecule has 0 saturated heterocycles. The van der Waals surface area contributed by atoms with E-state index in [1.807, 2.05) is 29.6 Å². The largest absolute Gasteiger partial charge is 0.421 e. The summed E-state index contributed by atoms with van der Waals surface area (Å²) in [6, 6.07) is 12.8. The van der Waals surface area contributed by atoms with Crippen LogP contribution in [-0.2, 0) is 0 Å². The van der Waals surface area contributed by atoms with Crippen LogP contribution in [0, 0.1) is 0 Å². The lowest BCUT2D eigenvalue weighted by molar-refractivity contribution is 0.563. The summed E-state index contributed by atoms with van der Waals surface area (Å²) < 4.78 is 6.37. The van der Waals surface area contributed by atoms with Gasteiger partial charge >= 0.3 is 5.63 Å². The average molecular weight is 453 g/mol. The highest BCUT2D eigenvalue weighted by Gasteiger charge is 2.14. The zero-order valence-electron chi connectivity index (χ0n) is 12.4. The lowest BCUT2D eigenvalue weighted by atomic mass is 10.1. The van der Waals surface area contributed by atoms with Gasteiger partial charge in [-0.3, -0.25) is 0 Å². The lowest BCUT2D eigenvalue weighted by Gasteiger charge is -2.02. The van der Waals surface area contributed by atoms with Gasteiger partial charge in [-0.05, 0) is 30.3 Å². The highest BCUT2D eigenvalue weighted by Crippen LogP contribution is 2.32. The number of thiazole rings is 1. The molecule has 0 aliphatic heterocycles. The van der Waals surface area contributed by atoms with Crippen molar-refractivity contribution < 1.29 is 4.42 Å². The number of aromatic nitrogens is 1. The molecule has 0 aliphatic rings. The van der Waals surface area contributed by atoms with Crippen molar-refractivity contribution in [3.63, 3.8) is 0 Å². The van der Waals surface area contributed by atoms with Crippen LogP contribution in [-0.4, -0.2) is 4.98 Å². The molecule has 0 spiro atoms. The highest BCUT2D eigenvalue weighted by molar-refractivity contribution is 9.10. The summed E-state index contributed by atoms with van der Waals surface area (Å²) in [4.78, 5) is 16.9. The Bertz CT molecular complexity index is 1150. The smallest absolute Gasteiger partial charge is 0.346 e. The predicted molar refractivity (Wildman–Crippen MR) is 107 cm³/mol. The van der Waals surface area contributed by atoms with E-state index in [2.05, 4.69) is 20.9 Å². The van der Waals surface area contributed by atoms with Gasteiger partial charge in [-0.1, -0.05) is 51.3 Å². The minimum atomic E-state index is -0.478. The van der Waals surface area contributed by atoms with Crippen LogP contribution in [0.15, 0.2) is 61.5 Å². The summed E-state index contributed by atoms with van der Waals surface area (Å²) in [6.07, 6.45) is 0. The number of halogens is 3. The molecule has 0 atom stereocenters. The third kappa shape index (κ3) is 3.25. The van der Waals surface area contributed by atoms with E-state index in [1.54, 1.807) is 18.2 Å². The SMILES string of the molecule is O=c1oc2c(Cl)cc(Cl)cc2cc1-c1nc(-c2ccc(Br)cc2)cs1. The first-order chi connectivity index (χ1) is 12.0. The maximum Gasteiger partial charge on any atom is 0.346 e. The van der Waals surface area contributed by atoms with Crippen molar-refractivity contribution in [2.45, 2.75) is 0 Å². The van der Waals surface area contributed by atoms with Gasteiger partial charge in [0.05, 0.1) is 16.3 Å². The Morgan fingerprint density at radius 3 is 2.60 bits per heavy atom. The Morgan fingerprint density at radius 1 is 1.08 bits per heavy atom. The molecule has 2 aromatic carbocycles. The molecule has 0 saturated carbocycles. The minimum Gasteiger partial charge on any atom is -0.421 e. The van der Waals surface area contributed by atoms with Gasteiger partial charge in [-0.2, -0.15) is 0 Å². The van der Waals surface area contributed by atoms with Gasteiger partial charge in [0.1, 0.15) is 5.01 Å². The van der Waals surface area contributed by atoms with Gasteiger partial charge in [-0.15, -0.1) is 11.3 Å². The van der Waals surface area contributed by atoms with Crippen molar-refractivity contribution in [3.8, 4) is 21.8 Å². The number of rotatable bonds is 2. The molecule has 4 rings (SSSR count). The Morgan fingerprint density at radius 2 is 1.84 bits per heavy atom. The Balaban J connectivity index is 1.83. The van der Waals surface area contributed by atoms with Crippen molar-refractivity contribution in [1.82, 2.24) is 4.98 Å². The van der Waals surface area contributed by atoms with Crippen molar-refractivity contribution in [2.75, 3.05) is 0 Å². The zero-order valence-corrected chi connectivity index (χ0v) is 16.3. The van der Waals surface area contributed by atoms with Crippen LogP contribution in [0.4, 0.5) is 0 Å². The quantitative estimate of drug-likeness (QED) is 0.319. The summed E-state index contributed by atoms with van der Waals surface area (Å²) in [5, 5.41) is 3.94. The van der Waals surface area contributed by atoms with Crippen LogP contribution < -0.4 is 5.63 Å². The van der Waals surface area contributed by atoms with Gasteiger partial charge in [0, 0.05) is 25.8 Å². The Hall–Kier alpha value is -1.66. The summed E-state index contributed by atoms with van der Waals surface area (Å²) >= 11 is 16.9. The number of fused-ring (bicyclic) bond motifs is 1. The molecule has 0 N–H and O–H groups in total. The molecule has 0 amide bonds. The fourth-order valence-electron chi connectivity index (χ4n) is 2.46. The monoisotopic (exact) mass is 451 g/mol. The summed E-state index contributed by atoms with van der Waals surface area (Å²) in [5.41, 5.74) is 2.01. The highest BCUT2D eigenvalue weighted by atomic mass is 79.9. The molecule has 4 aromatic rings. The minimum absolute atomic E-state index is 0.306. The Labute approximate surface area is 165 Å². The van der Waals surface area contributed by atoms with E-state index in [9.17, 15) is 4.79 Å². The molecule has 0 radical (unpaired) electrons. The molecule has 0 unspecified atom stereocenters. The van der Waals surface area contributed by atoms with Crippen LogP contribution in [0.1, 0.15) is 0 Å². The van der Waals surface area contributed by atoms with Crippen LogP contribution in [0.3, 0.4) is 0 Å². The van der Waals surface area contributed by atoms with Gasteiger partial charge in [0.2, 0.25) is 0 Å². The normalized spacial score (nSPS) is 11.2. The summed E-state index contributed by atoms with van der Waals surface area (Å²) in [6.45, 7) is 0. The van der Waals surface area contributed by atoms with E-state index in [1.165, 1.54) is 11.3 Å². The van der Waals surface area contributed by atoms with Crippen molar-refractivity contribution in [1.29, 1.82) is 0 Å². The van der Waals surface area contributed by atoms with E-state index in [4.69, 9.17) is 27.6 Å². The number of nitrogens with zero attached hydrogens (tertiary/aromatic N) is 1. The van der Waals surface area contributed by atoms with Gasteiger partial charge in [-0.25, -0.2) is 9.78 Å². The Kier molecular flexibility index (Phi) is 4.41. The summed E-state index contributed by atoms with van der Waals surface area (Å²) in [7, 11) is 0. The number of hydrogen-bond donors (Lipinski definition) is 0. The molecule has 3 nitrogen and oxygen atoms in total. The standard InChI is InChI=1S/C18H8BrCl2NO2S/c19-11-3-1-9(2-4-11)15-8-25-17(22-15)13-6-10-5-12(20)7-14(21)16(10)24-18(13)23/h1-8H. The van der Waals surface area contributed by atoms with Crippen LogP contribution in [0.25, 0.3) is 32.8 Å². The first-order valence-corrected chi connectivity index (χ1v) is 9.59. The molecular weight excluding hydrogens is 445 g/mol. The molecule has 124 valence electrons. The van der Waals surface area contributed by atoms with Crippen LogP contribution in [0.5, 0.6) is 0 Å². The van der Waals surface area contributed by atoms with Gasteiger partial charge in [0.15, 0.2) is 5.58 Å². The molecule has 0 fully saturated rings. The van der Waals surface area contributed by atoms with Crippen molar-refractivity contribution >= 4 is 61.4 Å². The fraction of sp³-hybridized carbons (Fsp3) is 0. The van der Waals surface area contributed by atoms with E-state index in [0.29, 0.717) is 31.6 Å². The zero-order chi connectivity index (χ0) is 17.6. The number of benzene rings is 2. The second-order valence-electron chi connectivity index (χ2n) is 5.30. The maximum atomic E-state index is 12.4. The van der Waals surface area contributed by atoms with Crippen molar-refractivity contribution in [3.05, 3.63) is 72.8 Å². The van der Waals surface area contributed by atoms with E-state index < -0.39 is 5.63 Å². The van der Waals surface area contributed by atoms with Crippen LogP contribution in [0.2, 0.25) is 10.0 Å².